The van der Waals surface area contributed by atoms with Crippen LogP contribution in [0.15, 0.2) is 18.2 Å². The van der Waals surface area contributed by atoms with Gasteiger partial charge >= 0.3 is 5.97 Å². The molecular weight excluding hydrogens is 296 g/mol. The van der Waals surface area contributed by atoms with Gasteiger partial charge in [0.25, 0.3) is 5.52 Å². The normalized spacial score (nSPS) is 15.7. The molecular formula is C17H21N2O4+. The highest BCUT2D eigenvalue weighted by Gasteiger charge is 2.29. The second-order valence-electron chi connectivity index (χ2n) is 6.02. The van der Waals surface area contributed by atoms with Crippen LogP contribution in [0.25, 0.3) is 10.9 Å². The van der Waals surface area contributed by atoms with Crippen molar-refractivity contribution in [1.29, 1.82) is 0 Å². The molecule has 6 nitrogen and oxygen atoms in total. The third-order valence-corrected chi connectivity index (χ3v) is 4.51. The lowest BCUT2D eigenvalue weighted by molar-refractivity contribution is -0.888. The Bertz CT molecular complexity index is 767. The predicted octanol–water partition coefficient (Wildman–Crippen LogP) is 2.66. The maximum absolute atomic E-state index is 11.5. The summed E-state index contributed by atoms with van der Waals surface area (Å²) in [4.78, 5) is 11.5. The number of benzene rings is 1. The van der Waals surface area contributed by atoms with Crippen LogP contribution in [0.2, 0.25) is 0 Å². The van der Waals surface area contributed by atoms with E-state index in [-0.39, 0.29) is 23.0 Å². The Kier molecular flexibility index (Phi) is 3.98. The van der Waals surface area contributed by atoms with E-state index in [0.717, 1.165) is 30.4 Å². The molecule has 3 rings (SSSR count). The van der Waals surface area contributed by atoms with Crippen molar-refractivity contribution in [3.63, 3.8) is 0 Å². The summed E-state index contributed by atoms with van der Waals surface area (Å²) < 4.78 is 6.95. The third kappa shape index (κ3) is 2.65. The number of carbonyl (C=O) groups is 1. The number of aromatic nitrogens is 1. The van der Waals surface area contributed by atoms with Gasteiger partial charge in [0.2, 0.25) is 5.69 Å². The molecule has 1 aliphatic rings. The Morgan fingerprint density at radius 2 is 2.00 bits per heavy atom. The van der Waals surface area contributed by atoms with Gasteiger partial charge in [-0.1, -0.05) is 12.5 Å². The summed E-state index contributed by atoms with van der Waals surface area (Å²) in [6, 6.07) is 5.23. The molecule has 122 valence electrons. The first-order valence-corrected chi connectivity index (χ1v) is 7.86. The van der Waals surface area contributed by atoms with Gasteiger partial charge in [-0.25, -0.2) is 4.79 Å². The van der Waals surface area contributed by atoms with E-state index < -0.39 is 5.97 Å². The van der Waals surface area contributed by atoms with Gasteiger partial charge in [0.05, 0.1) is 11.8 Å². The lowest BCUT2D eigenvalue weighted by Crippen LogP contribution is -2.37. The number of nitrogen functional groups attached to an aromatic ring is 1. The maximum atomic E-state index is 11.5. The molecule has 0 bridgehead atoms. The van der Waals surface area contributed by atoms with Crippen molar-refractivity contribution in [1.82, 2.24) is 0 Å². The van der Waals surface area contributed by atoms with Crippen LogP contribution < -0.4 is 15.2 Å². The topological polar surface area (TPSA) is 96.7 Å². The number of ether oxygens (including phenoxy) is 1. The Balaban J connectivity index is 2.17. The maximum Gasteiger partial charge on any atom is 0.344 e. The molecule has 1 aliphatic carbocycles. The molecule has 4 N–H and O–H groups in total. The lowest BCUT2D eigenvalue weighted by Gasteiger charge is -2.23. The third-order valence-electron chi connectivity index (χ3n) is 4.51. The Morgan fingerprint density at radius 3 is 2.65 bits per heavy atom. The standard InChI is InChI=1S/C17H20N2O4/c1-10-14(17(20)21)16(18)15-12(19(10)22)8-5-9-13(15)23-11-6-3-2-4-7-11/h5,8-9,11,18,22H,2-4,6-7H2,1H3,(H,20,21)/p+1. The second kappa shape index (κ2) is 5.95. The number of carboxylic acids is 1. The summed E-state index contributed by atoms with van der Waals surface area (Å²) in [6.45, 7) is 1.52. The smallest absolute Gasteiger partial charge is 0.344 e. The van der Waals surface area contributed by atoms with Crippen molar-refractivity contribution in [2.45, 2.75) is 45.1 Å². The fraction of sp³-hybridized carbons (Fsp3) is 0.412. The largest absolute Gasteiger partial charge is 0.489 e. The van der Waals surface area contributed by atoms with E-state index in [2.05, 4.69) is 0 Å². The molecule has 6 heteroatoms. The molecule has 2 aromatic rings. The number of anilines is 1. The molecule has 23 heavy (non-hydrogen) atoms. The van der Waals surface area contributed by atoms with Crippen LogP contribution in [0.1, 0.15) is 48.2 Å². The Labute approximate surface area is 134 Å². The minimum Gasteiger partial charge on any atom is -0.489 e. The molecule has 0 unspecified atom stereocenters. The van der Waals surface area contributed by atoms with Gasteiger partial charge < -0.3 is 15.6 Å². The lowest BCUT2D eigenvalue weighted by atomic mass is 9.97. The minimum absolute atomic E-state index is 0.0975. The molecule has 1 heterocycles. The zero-order chi connectivity index (χ0) is 16.6. The van der Waals surface area contributed by atoms with Crippen LogP contribution in [-0.4, -0.2) is 22.4 Å². The number of hydrogen-bond acceptors (Lipinski definition) is 4. The molecule has 1 saturated carbocycles. The fourth-order valence-corrected chi connectivity index (χ4v) is 3.30. The zero-order valence-corrected chi connectivity index (χ0v) is 13.1. The van der Waals surface area contributed by atoms with E-state index in [0.29, 0.717) is 16.7 Å². The van der Waals surface area contributed by atoms with E-state index >= 15 is 0 Å². The Hall–Kier alpha value is -2.50. The molecule has 1 fully saturated rings. The molecule has 0 saturated heterocycles. The van der Waals surface area contributed by atoms with Crippen LogP contribution in [0.4, 0.5) is 5.69 Å². The number of pyridine rings is 1. The monoisotopic (exact) mass is 317 g/mol. The van der Waals surface area contributed by atoms with E-state index in [1.807, 2.05) is 0 Å². The highest BCUT2D eigenvalue weighted by molar-refractivity contribution is 6.05. The van der Waals surface area contributed by atoms with Crippen molar-refractivity contribution >= 4 is 22.6 Å². The summed E-state index contributed by atoms with van der Waals surface area (Å²) in [5, 5.41) is 20.1. The molecule has 0 aliphatic heterocycles. The SMILES string of the molecule is Cc1c(C(=O)O)c(N)c2c(OC3CCCCC3)cccc2[n+]1O. The summed E-state index contributed by atoms with van der Waals surface area (Å²) in [6.07, 6.45) is 5.54. The van der Waals surface area contributed by atoms with Crippen LogP contribution in [0.5, 0.6) is 5.75 Å². The summed E-state index contributed by atoms with van der Waals surface area (Å²) in [5.41, 5.74) is 6.77. The fourth-order valence-electron chi connectivity index (χ4n) is 3.30. The predicted molar refractivity (Wildman–Crippen MR) is 84.9 cm³/mol. The summed E-state index contributed by atoms with van der Waals surface area (Å²) in [7, 11) is 0. The van der Waals surface area contributed by atoms with E-state index in [4.69, 9.17) is 10.5 Å². The van der Waals surface area contributed by atoms with E-state index in [1.165, 1.54) is 13.3 Å². The first-order valence-electron chi connectivity index (χ1n) is 7.86. The van der Waals surface area contributed by atoms with Crippen LogP contribution in [-0.2, 0) is 0 Å². The number of fused-ring (bicyclic) bond motifs is 1. The first-order chi connectivity index (χ1) is 11.0. The zero-order valence-electron chi connectivity index (χ0n) is 13.1. The van der Waals surface area contributed by atoms with Crippen molar-refractivity contribution in [2.75, 3.05) is 5.73 Å². The molecule has 0 spiro atoms. The first kappa shape index (κ1) is 15.4. The van der Waals surface area contributed by atoms with Crippen LogP contribution >= 0.6 is 0 Å². The molecule has 1 aromatic carbocycles. The molecule has 0 amide bonds. The Morgan fingerprint density at radius 1 is 1.30 bits per heavy atom. The average Bonchev–Trinajstić information content (AvgIpc) is 2.53. The van der Waals surface area contributed by atoms with Crippen molar-refractivity contribution < 1.29 is 24.6 Å². The van der Waals surface area contributed by atoms with Crippen LogP contribution in [0, 0.1) is 6.92 Å². The van der Waals surface area contributed by atoms with Crippen molar-refractivity contribution in [2.24, 2.45) is 0 Å². The minimum atomic E-state index is -1.17. The van der Waals surface area contributed by atoms with Crippen LogP contribution in [0.3, 0.4) is 0 Å². The van der Waals surface area contributed by atoms with Gasteiger partial charge in [-0.15, -0.1) is 0 Å². The quantitative estimate of drug-likeness (QED) is 0.597. The summed E-state index contributed by atoms with van der Waals surface area (Å²) >= 11 is 0. The highest BCUT2D eigenvalue weighted by atomic mass is 16.5. The number of hydrogen-bond donors (Lipinski definition) is 3. The van der Waals surface area contributed by atoms with Gasteiger partial charge in [-0.05, 0) is 31.7 Å². The average molecular weight is 317 g/mol. The number of aromatic carboxylic acids is 1. The molecule has 0 atom stereocenters. The second-order valence-corrected chi connectivity index (χ2v) is 6.02. The van der Waals surface area contributed by atoms with E-state index in [9.17, 15) is 15.1 Å². The van der Waals surface area contributed by atoms with E-state index in [1.54, 1.807) is 18.2 Å². The van der Waals surface area contributed by atoms with Gasteiger partial charge in [0, 0.05) is 17.7 Å². The van der Waals surface area contributed by atoms with Crippen molar-refractivity contribution in [3.05, 3.63) is 29.5 Å². The summed E-state index contributed by atoms with van der Waals surface area (Å²) in [5.74, 6) is -0.644. The molecule has 0 radical (unpaired) electrons. The van der Waals surface area contributed by atoms with Gasteiger partial charge in [-0.2, -0.15) is 0 Å². The highest BCUT2D eigenvalue weighted by Crippen LogP contribution is 2.34. The number of nitrogens with zero attached hydrogens (tertiary/aromatic N) is 1. The van der Waals surface area contributed by atoms with Gasteiger partial charge in [0.1, 0.15) is 11.1 Å². The van der Waals surface area contributed by atoms with Gasteiger partial charge in [0.15, 0.2) is 5.56 Å². The number of rotatable bonds is 3. The number of nitrogens with two attached hydrogens (primary N) is 1. The molecule has 1 aromatic heterocycles. The van der Waals surface area contributed by atoms with Gasteiger partial charge in [-0.3, -0.25) is 5.21 Å². The number of carboxylic acid groups (broad SMARTS) is 1. The van der Waals surface area contributed by atoms with Crippen molar-refractivity contribution in [3.8, 4) is 5.75 Å².